The molecule has 0 spiro atoms. The minimum Gasteiger partial charge on any atom is -0.490 e. The zero-order valence-corrected chi connectivity index (χ0v) is 15.0. The van der Waals surface area contributed by atoms with Gasteiger partial charge in [-0.3, -0.25) is 0 Å². The van der Waals surface area contributed by atoms with Gasteiger partial charge in [0.1, 0.15) is 0 Å². The number of fused-ring (bicyclic) bond motifs is 1. The summed E-state index contributed by atoms with van der Waals surface area (Å²) >= 11 is 10.5. The number of rotatable bonds is 2. The molecule has 3 rings (SSSR count). The Kier molecular flexibility index (Phi) is 4.42. The van der Waals surface area contributed by atoms with E-state index in [9.17, 15) is 0 Å². The van der Waals surface area contributed by atoms with Crippen molar-refractivity contribution in [2.75, 3.05) is 13.2 Å². The van der Waals surface area contributed by atoms with Gasteiger partial charge in [0.15, 0.2) is 11.5 Å². The molecule has 0 amide bonds. The van der Waals surface area contributed by atoms with Crippen molar-refractivity contribution in [1.82, 2.24) is 0 Å². The minimum absolute atomic E-state index is 0.00836. The molecule has 1 fully saturated rings. The highest BCUT2D eigenvalue weighted by molar-refractivity contribution is 9.10. The van der Waals surface area contributed by atoms with Gasteiger partial charge in [0.25, 0.3) is 0 Å². The molecule has 1 aromatic rings. The maximum absolute atomic E-state index is 6.86. The van der Waals surface area contributed by atoms with Crippen LogP contribution in [0.4, 0.5) is 0 Å². The summed E-state index contributed by atoms with van der Waals surface area (Å²) in [4.78, 5) is 0. The molecule has 0 aromatic heterocycles. The van der Waals surface area contributed by atoms with Crippen LogP contribution in [0, 0.1) is 11.3 Å². The Balaban J connectivity index is 1.93. The Bertz CT molecular complexity index is 530. The van der Waals surface area contributed by atoms with Gasteiger partial charge >= 0.3 is 0 Å². The summed E-state index contributed by atoms with van der Waals surface area (Å²) in [5, 5.41) is 0.00836. The number of halogens is 2. The van der Waals surface area contributed by atoms with Gasteiger partial charge in [0.05, 0.1) is 18.6 Å². The van der Waals surface area contributed by atoms with E-state index < -0.39 is 0 Å². The van der Waals surface area contributed by atoms with Gasteiger partial charge in [-0.15, -0.1) is 11.6 Å². The second-order valence-corrected chi connectivity index (χ2v) is 8.08. The fourth-order valence-electron chi connectivity index (χ4n) is 3.52. The van der Waals surface area contributed by atoms with Crippen molar-refractivity contribution in [2.24, 2.45) is 11.3 Å². The van der Waals surface area contributed by atoms with Crippen molar-refractivity contribution >= 4 is 27.5 Å². The molecular formula is C17H22BrClO2. The molecule has 1 aromatic carbocycles. The van der Waals surface area contributed by atoms with Gasteiger partial charge in [-0.25, -0.2) is 0 Å². The lowest BCUT2D eigenvalue weighted by molar-refractivity contribution is 0.251. The van der Waals surface area contributed by atoms with E-state index in [-0.39, 0.29) is 5.38 Å². The second-order valence-electron chi connectivity index (χ2n) is 6.76. The van der Waals surface area contributed by atoms with Gasteiger partial charge in [0, 0.05) is 10.9 Å². The van der Waals surface area contributed by atoms with Gasteiger partial charge in [-0.2, -0.15) is 0 Å². The van der Waals surface area contributed by atoms with Crippen LogP contribution in [0.3, 0.4) is 0 Å². The van der Waals surface area contributed by atoms with Crippen molar-refractivity contribution in [3.63, 3.8) is 0 Å². The molecule has 4 heteroatoms. The minimum atomic E-state index is 0.00836. The van der Waals surface area contributed by atoms with E-state index in [1.807, 2.05) is 6.07 Å². The van der Waals surface area contributed by atoms with E-state index in [0.29, 0.717) is 24.5 Å². The van der Waals surface area contributed by atoms with Gasteiger partial charge in [-0.05, 0) is 41.9 Å². The first-order valence-electron chi connectivity index (χ1n) is 7.72. The summed E-state index contributed by atoms with van der Waals surface area (Å²) in [6, 6.07) is 4.07. The summed E-state index contributed by atoms with van der Waals surface area (Å²) in [6.07, 6.45) is 4.63. The SMILES string of the molecule is CC1(C)CCCC1C(Cl)c1cc2c(cc1Br)OCCCO2. The summed E-state index contributed by atoms with van der Waals surface area (Å²) in [7, 11) is 0. The van der Waals surface area contributed by atoms with Crippen LogP contribution in [-0.2, 0) is 0 Å². The third-order valence-corrected chi connectivity index (χ3v) is 6.08. The van der Waals surface area contributed by atoms with E-state index in [4.69, 9.17) is 21.1 Å². The molecule has 2 atom stereocenters. The topological polar surface area (TPSA) is 18.5 Å². The van der Waals surface area contributed by atoms with Crippen LogP contribution in [0.1, 0.15) is 50.5 Å². The largest absolute Gasteiger partial charge is 0.490 e. The van der Waals surface area contributed by atoms with Crippen LogP contribution in [0.15, 0.2) is 16.6 Å². The van der Waals surface area contributed by atoms with Gasteiger partial charge in [-0.1, -0.05) is 36.2 Å². The third kappa shape index (κ3) is 3.05. The molecule has 116 valence electrons. The van der Waals surface area contributed by atoms with Crippen LogP contribution in [0.5, 0.6) is 11.5 Å². The fourth-order valence-corrected chi connectivity index (χ4v) is 4.87. The van der Waals surface area contributed by atoms with E-state index in [0.717, 1.165) is 28.0 Å². The van der Waals surface area contributed by atoms with Gasteiger partial charge in [0.2, 0.25) is 0 Å². The number of alkyl halides is 1. The van der Waals surface area contributed by atoms with E-state index in [2.05, 4.69) is 35.8 Å². The first-order valence-corrected chi connectivity index (χ1v) is 8.95. The zero-order chi connectivity index (χ0) is 15.0. The predicted molar refractivity (Wildman–Crippen MR) is 89.5 cm³/mol. The number of hydrogen-bond acceptors (Lipinski definition) is 2. The van der Waals surface area contributed by atoms with Crippen molar-refractivity contribution in [3.05, 3.63) is 22.2 Å². The first-order chi connectivity index (χ1) is 9.99. The van der Waals surface area contributed by atoms with Crippen molar-refractivity contribution in [3.8, 4) is 11.5 Å². The molecule has 2 aliphatic rings. The molecule has 1 saturated carbocycles. The number of hydrogen-bond donors (Lipinski definition) is 0. The Hall–Kier alpha value is -0.410. The van der Waals surface area contributed by atoms with E-state index in [1.165, 1.54) is 19.3 Å². The summed E-state index contributed by atoms with van der Waals surface area (Å²) < 4.78 is 12.6. The van der Waals surface area contributed by atoms with Gasteiger partial charge < -0.3 is 9.47 Å². The molecule has 0 saturated heterocycles. The molecule has 1 aliphatic carbocycles. The fraction of sp³-hybridized carbons (Fsp3) is 0.647. The average Bonchev–Trinajstić information content (AvgIpc) is 2.65. The molecule has 0 bridgehead atoms. The quantitative estimate of drug-likeness (QED) is 0.617. The zero-order valence-electron chi connectivity index (χ0n) is 12.6. The molecule has 0 radical (unpaired) electrons. The molecule has 2 nitrogen and oxygen atoms in total. The highest BCUT2D eigenvalue weighted by Gasteiger charge is 2.40. The Labute approximate surface area is 140 Å². The molecule has 21 heavy (non-hydrogen) atoms. The van der Waals surface area contributed by atoms with Crippen LogP contribution >= 0.6 is 27.5 Å². The maximum Gasteiger partial charge on any atom is 0.162 e. The van der Waals surface area contributed by atoms with Crippen LogP contribution in [0.25, 0.3) is 0 Å². The lowest BCUT2D eigenvalue weighted by Gasteiger charge is -2.31. The monoisotopic (exact) mass is 372 g/mol. The Morgan fingerprint density at radius 1 is 1.19 bits per heavy atom. The third-order valence-electron chi connectivity index (χ3n) is 4.86. The van der Waals surface area contributed by atoms with Crippen LogP contribution in [-0.4, -0.2) is 13.2 Å². The van der Waals surface area contributed by atoms with Crippen molar-refractivity contribution in [2.45, 2.75) is 44.9 Å². The van der Waals surface area contributed by atoms with E-state index >= 15 is 0 Å². The summed E-state index contributed by atoms with van der Waals surface area (Å²) in [5.74, 6) is 2.14. The molecule has 1 heterocycles. The summed E-state index contributed by atoms with van der Waals surface area (Å²) in [6.45, 7) is 6.07. The average molecular weight is 374 g/mol. The Morgan fingerprint density at radius 3 is 2.48 bits per heavy atom. The Morgan fingerprint density at radius 2 is 1.86 bits per heavy atom. The number of benzene rings is 1. The number of ether oxygens (including phenoxy) is 2. The highest BCUT2D eigenvalue weighted by Crippen LogP contribution is 2.53. The maximum atomic E-state index is 6.86. The smallest absolute Gasteiger partial charge is 0.162 e. The van der Waals surface area contributed by atoms with Crippen molar-refractivity contribution in [1.29, 1.82) is 0 Å². The predicted octanol–water partition coefficient (Wildman–Crippen LogP) is 5.72. The highest BCUT2D eigenvalue weighted by atomic mass is 79.9. The lowest BCUT2D eigenvalue weighted by atomic mass is 9.78. The first kappa shape index (κ1) is 15.5. The second kappa shape index (κ2) is 6.00. The molecular weight excluding hydrogens is 352 g/mol. The molecule has 2 unspecified atom stereocenters. The lowest BCUT2D eigenvalue weighted by Crippen LogP contribution is -2.21. The van der Waals surface area contributed by atoms with Crippen molar-refractivity contribution < 1.29 is 9.47 Å². The molecule has 0 N–H and O–H groups in total. The normalized spacial score (nSPS) is 25.4. The van der Waals surface area contributed by atoms with Crippen LogP contribution < -0.4 is 9.47 Å². The van der Waals surface area contributed by atoms with Crippen LogP contribution in [0.2, 0.25) is 0 Å². The summed E-state index contributed by atoms with van der Waals surface area (Å²) in [5.41, 5.74) is 1.43. The standard InChI is InChI=1S/C17H22BrClO2/c1-17(2)6-3-5-12(17)16(19)11-9-14-15(10-13(11)18)21-8-4-7-20-14/h9-10,12,16H,3-8H2,1-2H3. The van der Waals surface area contributed by atoms with E-state index in [1.54, 1.807) is 0 Å². The molecule has 1 aliphatic heterocycles.